The van der Waals surface area contributed by atoms with Crippen molar-refractivity contribution in [3.05, 3.63) is 65.7 Å². The minimum atomic E-state index is -4.33. The number of rotatable bonds is 2. The highest BCUT2D eigenvalue weighted by atomic mass is 19.4. The van der Waals surface area contributed by atoms with E-state index in [9.17, 15) is 13.2 Å². The predicted octanol–water partition coefficient (Wildman–Crippen LogP) is 5.48. The number of nitrogens with zero attached hydrogens (tertiary/aromatic N) is 1. The average Bonchev–Trinajstić information content (AvgIpc) is 2.53. The summed E-state index contributed by atoms with van der Waals surface area (Å²) in [6, 6.07) is 15.2. The van der Waals surface area contributed by atoms with Crippen LogP contribution in [0.3, 0.4) is 0 Å². The summed E-state index contributed by atoms with van der Waals surface area (Å²) in [6.07, 6.45) is -3.62. The molecule has 3 rings (SSSR count). The highest BCUT2D eigenvalue weighted by Gasteiger charge is 2.30. The van der Waals surface area contributed by atoms with Crippen LogP contribution in [0.4, 0.5) is 13.2 Å². The Labute approximate surface area is 126 Å². The first-order valence-electron chi connectivity index (χ1n) is 7.05. The van der Waals surface area contributed by atoms with Gasteiger partial charge >= 0.3 is 6.18 Å². The summed E-state index contributed by atoms with van der Waals surface area (Å²) in [5.41, 5.74) is 2.68. The topological polar surface area (TPSA) is 12.9 Å². The lowest BCUT2D eigenvalue weighted by atomic mass is 10.0. The van der Waals surface area contributed by atoms with E-state index < -0.39 is 11.7 Å². The largest absolute Gasteiger partial charge is 0.416 e. The Morgan fingerprint density at radius 3 is 2.32 bits per heavy atom. The van der Waals surface area contributed by atoms with Gasteiger partial charge in [0.15, 0.2) is 0 Å². The smallest absolute Gasteiger partial charge is 0.248 e. The van der Waals surface area contributed by atoms with Gasteiger partial charge in [-0.2, -0.15) is 13.2 Å². The molecule has 0 spiro atoms. The van der Waals surface area contributed by atoms with Gasteiger partial charge in [-0.3, -0.25) is 0 Å². The number of aromatic nitrogens is 1. The van der Waals surface area contributed by atoms with E-state index >= 15 is 0 Å². The van der Waals surface area contributed by atoms with Crippen molar-refractivity contribution in [3.8, 4) is 11.3 Å². The lowest BCUT2D eigenvalue weighted by Gasteiger charge is -2.12. The highest BCUT2D eigenvalue weighted by molar-refractivity contribution is 5.84. The SMILES string of the molecule is CCc1cc2cc(C(F)(F)F)ccc2nc1-c1ccccc1. The number of halogens is 3. The maximum atomic E-state index is 12.8. The minimum absolute atomic E-state index is 0.520. The zero-order chi connectivity index (χ0) is 15.7. The molecule has 22 heavy (non-hydrogen) atoms. The zero-order valence-corrected chi connectivity index (χ0v) is 12.0. The van der Waals surface area contributed by atoms with Crippen LogP contribution in [0.1, 0.15) is 18.1 Å². The van der Waals surface area contributed by atoms with Crippen molar-refractivity contribution in [2.45, 2.75) is 19.5 Å². The van der Waals surface area contributed by atoms with Gasteiger partial charge in [0.2, 0.25) is 0 Å². The minimum Gasteiger partial charge on any atom is -0.248 e. The molecule has 0 aliphatic carbocycles. The molecule has 0 bridgehead atoms. The Morgan fingerprint density at radius 2 is 1.68 bits per heavy atom. The lowest BCUT2D eigenvalue weighted by Crippen LogP contribution is -2.04. The van der Waals surface area contributed by atoms with Crippen LogP contribution >= 0.6 is 0 Å². The van der Waals surface area contributed by atoms with E-state index in [4.69, 9.17) is 0 Å². The number of benzene rings is 2. The van der Waals surface area contributed by atoms with Crippen LogP contribution in [-0.2, 0) is 12.6 Å². The van der Waals surface area contributed by atoms with Gasteiger partial charge in [0, 0.05) is 10.9 Å². The first-order valence-corrected chi connectivity index (χ1v) is 7.05. The molecule has 4 heteroatoms. The number of alkyl halides is 3. The zero-order valence-electron chi connectivity index (χ0n) is 12.0. The molecule has 0 saturated carbocycles. The van der Waals surface area contributed by atoms with Crippen LogP contribution in [0.15, 0.2) is 54.6 Å². The Bertz CT molecular complexity index is 808. The molecule has 1 nitrogen and oxygen atoms in total. The third-order valence-corrected chi connectivity index (χ3v) is 3.65. The molecular formula is C18H14F3N. The number of aryl methyl sites for hydroxylation is 1. The first-order chi connectivity index (χ1) is 10.5. The van der Waals surface area contributed by atoms with Crippen molar-refractivity contribution in [1.29, 1.82) is 0 Å². The molecule has 0 atom stereocenters. The molecule has 0 saturated heterocycles. The van der Waals surface area contributed by atoms with Crippen LogP contribution in [0, 0.1) is 0 Å². The summed E-state index contributed by atoms with van der Waals surface area (Å²) in [5, 5.41) is 0.520. The molecule has 112 valence electrons. The van der Waals surface area contributed by atoms with E-state index in [2.05, 4.69) is 4.98 Å². The summed E-state index contributed by atoms with van der Waals surface area (Å²) in [7, 11) is 0. The fraction of sp³-hybridized carbons (Fsp3) is 0.167. The second-order valence-electron chi connectivity index (χ2n) is 5.12. The van der Waals surface area contributed by atoms with Crippen molar-refractivity contribution < 1.29 is 13.2 Å². The number of pyridine rings is 1. The number of hydrogen-bond acceptors (Lipinski definition) is 1. The van der Waals surface area contributed by atoms with Crippen LogP contribution in [-0.4, -0.2) is 4.98 Å². The van der Waals surface area contributed by atoms with Crippen molar-refractivity contribution in [2.75, 3.05) is 0 Å². The summed E-state index contributed by atoms with van der Waals surface area (Å²) in [4.78, 5) is 4.57. The number of fused-ring (bicyclic) bond motifs is 1. The monoisotopic (exact) mass is 301 g/mol. The van der Waals surface area contributed by atoms with Gasteiger partial charge in [-0.1, -0.05) is 37.3 Å². The molecule has 0 fully saturated rings. The normalized spacial score (nSPS) is 11.8. The van der Waals surface area contributed by atoms with E-state index in [0.29, 0.717) is 17.3 Å². The van der Waals surface area contributed by atoms with Gasteiger partial charge in [0.05, 0.1) is 16.8 Å². The molecule has 3 aromatic rings. The summed E-state index contributed by atoms with van der Waals surface area (Å²) < 4.78 is 38.5. The third-order valence-electron chi connectivity index (χ3n) is 3.65. The molecule has 1 aromatic heterocycles. The lowest BCUT2D eigenvalue weighted by molar-refractivity contribution is -0.137. The number of hydrogen-bond donors (Lipinski definition) is 0. The maximum absolute atomic E-state index is 12.8. The van der Waals surface area contributed by atoms with Crippen LogP contribution in [0.25, 0.3) is 22.2 Å². The van der Waals surface area contributed by atoms with Gasteiger partial charge in [-0.25, -0.2) is 4.98 Å². The molecular weight excluding hydrogens is 287 g/mol. The van der Waals surface area contributed by atoms with Crippen molar-refractivity contribution in [1.82, 2.24) is 4.98 Å². The van der Waals surface area contributed by atoms with E-state index in [1.165, 1.54) is 6.07 Å². The van der Waals surface area contributed by atoms with E-state index in [-0.39, 0.29) is 0 Å². The first kappa shape index (κ1) is 14.6. The Kier molecular flexibility index (Phi) is 3.61. The molecule has 1 heterocycles. The van der Waals surface area contributed by atoms with Crippen LogP contribution in [0.5, 0.6) is 0 Å². The van der Waals surface area contributed by atoms with E-state index in [1.54, 1.807) is 6.07 Å². The third kappa shape index (κ3) is 2.69. The standard InChI is InChI=1S/C18H14F3N/c1-2-12-10-14-11-15(18(19,20)21)8-9-16(14)22-17(12)13-6-4-3-5-7-13/h3-11H,2H2,1H3. The van der Waals surface area contributed by atoms with Crippen LogP contribution in [0.2, 0.25) is 0 Å². The second kappa shape index (κ2) is 5.44. The van der Waals surface area contributed by atoms with Gasteiger partial charge in [-0.05, 0) is 36.2 Å². The fourth-order valence-electron chi connectivity index (χ4n) is 2.51. The fourth-order valence-corrected chi connectivity index (χ4v) is 2.51. The quantitative estimate of drug-likeness (QED) is 0.610. The van der Waals surface area contributed by atoms with Gasteiger partial charge in [0.25, 0.3) is 0 Å². The van der Waals surface area contributed by atoms with Gasteiger partial charge in [-0.15, -0.1) is 0 Å². The molecule has 0 unspecified atom stereocenters. The summed E-state index contributed by atoms with van der Waals surface area (Å²) in [5.74, 6) is 0. The average molecular weight is 301 g/mol. The summed E-state index contributed by atoms with van der Waals surface area (Å²) in [6.45, 7) is 1.98. The second-order valence-corrected chi connectivity index (χ2v) is 5.12. The van der Waals surface area contributed by atoms with Crippen molar-refractivity contribution >= 4 is 10.9 Å². The predicted molar refractivity (Wildman–Crippen MR) is 81.6 cm³/mol. The molecule has 0 N–H and O–H groups in total. The van der Waals surface area contributed by atoms with Gasteiger partial charge < -0.3 is 0 Å². The highest BCUT2D eigenvalue weighted by Crippen LogP contribution is 2.33. The Balaban J connectivity index is 2.21. The van der Waals surface area contributed by atoms with Crippen molar-refractivity contribution in [3.63, 3.8) is 0 Å². The maximum Gasteiger partial charge on any atom is 0.416 e. The molecule has 0 amide bonds. The van der Waals surface area contributed by atoms with E-state index in [0.717, 1.165) is 29.0 Å². The summed E-state index contributed by atoms with van der Waals surface area (Å²) >= 11 is 0. The molecule has 2 aromatic carbocycles. The Morgan fingerprint density at radius 1 is 0.955 bits per heavy atom. The molecule has 0 radical (unpaired) electrons. The van der Waals surface area contributed by atoms with Crippen molar-refractivity contribution in [2.24, 2.45) is 0 Å². The van der Waals surface area contributed by atoms with E-state index in [1.807, 2.05) is 37.3 Å². The Hall–Kier alpha value is -2.36. The van der Waals surface area contributed by atoms with Gasteiger partial charge in [0.1, 0.15) is 0 Å². The van der Waals surface area contributed by atoms with Crippen LogP contribution < -0.4 is 0 Å². The molecule has 0 aliphatic rings. The molecule has 0 aliphatic heterocycles.